The van der Waals surface area contributed by atoms with E-state index < -0.39 is 0 Å². The maximum absolute atomic E-state index is 5.99. The van der Waals surface area contributed by atoms with Gasteiger partial charge in [0.25, 0.3) is 0 Å². The Morgan fingerprint density at radius 1 is 1.00 bits per heavy atom. The smallest absolute Gasteiger partial charge is 0.240 e. The first-order valence-electron chi connectivity index (χ1n) is 11.1. The average Bonchev–Trinajstić information content (AvgIpc) is 3.57. The first-order chi connectivity index (χ1) is 16.6. The highest BCUT2D eigenvalue weighted by molar-refractivity contribution is 5.44. The number of benzene rings is 2. The molecule has 0 radical (unpaired) electrons. The van der Waals surface area contributed by atoms with Crippen molar-refractivity contribution in [1.82, 2.24) is 24.7 Å². The summed E-state index contributed by atoms with van der Waals surface area (Å²) in [5, 5.41) is 4.34. The highest BCUT2D eigenvalue weighted by Gasteiger charge is 2.38. The van der Waals surface area contributed by atoms with Crippen molar-refractivity contribution in [2.24, 2.45) is 5.92 Å². The molecule has 2 heterocycles. The number of methoxy groups -OCH3 is 2. The SMILES string of the molecule is COc1ccc(Cc2nc(N)nn2-c2cc(OCC3CC3c3ccccc3)ncn2)cc1OC. The third-order valence-corrected chi connectivity index (χ3v) is 5.94. The topological polar surface area (TPSA) is 110 Å². The summed E-state index contributed by atoms with van der Waals surface area (Å²) in [5.74, 6) is 4.19. The van der Waals surface area contributed by atoms with Gasteiger partial charge in [-0.3, -0.25) is 0 Å². The molecular formula is C25H26N6O3. The third kappa shape index (κ3) is 4.63. The second-order valence-corrected chi connectivity index (χ2v) is 8.20. The van der Waals surface area contributed by atoms with Gasteiger partial charge in [-0.25, -0.2) is 9.97 Å². The van der Waals surface area contributed by atoms with Crippen molar-refractivity contribution in [3.05, 3.63) is 77.9 Å². The summed E-state index contributed by atoms with van der Waals surface area (Å²) in [7, 11) is 3.21. The molecule has 34 heavy (non-hydrogen) atoms. The van der Waals surface area contributed by atoms with E-state index >= 15 is 0 Å². The van der Waals surface area contributed by atoms with Gasteiger partial charge in [0, 0.05) is 18.4 Å². The van der Waals surface area contributed by atoms with Crippen LogP contribution in [0.3, 0.4) is 0 Å². The Morgan fingerprint density at radius 2 is 1.82 bits per heavy atom. The van der Waals surface area contributed by atoms with Crippen LogP contribution in [0.1, 0.15) is 29.3 Å². The van der Waals surface area contributed by atoms with E-state index in [0.29, 0.717) is 53.9 Å². The fourth-order valence-corrected chi connectivity index (χ4v) is 4.09. The first-order valence-corrected chi connectivity index (χ1v) is 11.1. The summed E-state index contributed by atoms with van der Waals surface area (Å²) in [6, 6.07) is 18.0. The molecule has 0 bridgehead atoms. The number of nitrogen functional groups attached to an aromatic ring is 1. The molecule has 0 amide bonds. The minimum absolute atomic E-state index is 0.167. The number of hydrogen-bond acceptors (Lipinski definition) is 8. The van der Waals surface area contributed by atoms with Crippen LogP contribution in [-0.4, -0.2) is 45.6 Å². The largest absolute Gasteiger partial charge is 0.493 e. The number of ether oxygens (including phenoxy) is 3. The third-order valence-electron chi connectivity index (χ3n) is 5.94. The molecule has 1 aliphatic rings. The van der Waals surface area contributed by atoms with Crippen LogP contribution in [0, 0.1) is 5.92 Å². The molecule has 0 spiro atoms. The molecule has 2 atom stereocenters. The van der Waals surface area contributed by atoms with E-state index in [1.807, 2.05) is 24.3 Å². The Bertz CT molecular complexity index is 1280. The number of rotatable bonds is 9. The van der Waals surface area contributed by atoms with Gasteiger partial charge in [0.05, 0.1) is 20.8 Å². The molecule has 2 N–H and O–H groups in total. The predicted octanol–water partition coefficient (Wildman–Crippen LogP) is 3.43. The van der Waals surface area contributed by atoms with Crippen molar-refractivity contribution >= 4 is 5.95 Å². The minimum atomic E-state index is 0.167. The maximum atomic E-state index is 5.99. The number of nitrogens with zero attached hydrogens (tertiary/aromatic N) is 5. The van der Waals surface area contributed by atoms with Crippen molar-refractivity contribution < 1.29 is 14.2 Å². The van der Waals surface area contributed by atoms with Gasteiger partial charge >= 0.3 is 0 Å². The van der Waals surface area contributed by atoms with E-state index in [-0.39, 0.29) is 5.95 Å². The second kappa shape index (κ2) is 9.38. The molecule has 2 unspecified atom stereocenters. The van der Waals surface area contributed by atoms with E-state index in [0.717, 1.165) is 12.0 Å². The molecule has 2 aromatic heterocycles. The van der Waals surface area contributed by atoms with Crippen LogP contribution >= 0.6 is 0 Å². The molecular weight excluding hydrogens is 432 g/mol. The zero-order valence-electron chi connectivity index (χ0n) is 19.1. The van der Waals surface area contributed by atoms with Gasteiger partial charge in [0.15, 0.2) is 17.3 Å². The lowest BCUT2D eigenvalue weighted by Gasteiger charge is -2.10. The molecule has 1 saturated carbocycles. The monoisotopic (exact) mass is 458 g/mol. The van der Waals surface area contributed by atoms with Crippen LogP contribution in [0.5, 0.6) is 17.4 Å². The van der Waals surface area contributed by atoms with E-state index in [2.05, 4.69) is 44.3 Å². The lowest BCUT2D eigenvalue weighted by Crippen LogP contribution is -2.08. The van der Waals surface area contributed by atoms with Gasteiger partial charge < -0.3 is 19.9 Å². The summed E-state index contributed by atoms with van der Waals surface area (Å²) in [5.41, 5.74) is 8.25. The fourth-order valence-electron chi connectivity index (χ4n) is 4.09. The van der Waals surface area contributed by atoms with Gasteiger partial charge in [-0.1, -0.05) is 36.4 Å². The van der Waals surface area contributed by atoms with Crippen molar-refractivity contribution in [2.45, 2.75) is 18.8 Å². The van der Waals surface area contributed by atoms with Crippen LogP contribution in [-0.2, 0) is 6.42 Å². The molecule has 9 heteroatoms. The Morgan fingerprint density at radius 3 is 2.62 bits per heavy atom. The van der Waals surface area contributed by atoms with Crippen molar-refractivity contribution in [3.8, 4) is 23.2 Å². The van der Waals surface area contributed by atoms with E-state index in [1.165, 1.54) is 11.9 Å². The summed E-state index contributed by atoms with van der Waals surface area (Å²) >= 11 is 0. The predicted molar refractivity (Wildman–Crippen MR) is 126 cm³/mol. The van der Waals surface area contributed by atoms with Gasteiger partial charge in [0.2, 0.25) is 11.8 Å². The summed E-state index contributed by atoms with van der Waals surface area (Å²) in [6.45, 7) is 0.605. The number of hydrogen-bond donors (Lipinski definition) is 1. The Hall–Kier alpha value is -4.14. The zero-order valence-corrected chi connectivity index (χ0v) is 19.1. The first kappa shape index (κ1) is 21.7. The van der Waals surface area contributed by atoms with Crippen LogP contribution in [0.4, 0.5) is 5.95 Å². The molecule has 4 aromatic rings. The number of aromatic nitrogens is 5. The quantitative estimate of drug-likeness (QED) is 0.406. The van der Waals surface area contributed by atoms with E-state index in [4.69, 9.17) is 19.9 Å². The Balaban J connectivity index is 1.30. The van der Waals surface area contributed by atoms with E-state index in [9.17, 15) is 0 Å². The Labute approximate surface area is 197 Å². The van der Waals surface area contributed by atoms with Crippen molar-refractivity contribution in [3.63, 3.8) is 0 Å². The normalized spacial score (nSPS) is 16.8. The van der Waals surface area contributed by atoms with Crippen molar-refractivity contribution in [1.29, 1.82) is 0 Å². The van der Waals surface area contributed by atoms with Gasteiger partial charge in [-0.2, -0.15) is 9.67 Å². The van der Waals surface area contributed by atoms with Crippen LogP contribution < -0.4 is 19.9 Å². The molecule has 174 valence electrons. The van der Waals surface area contributed by atoms with Crippen molar-refractivity contribution in [2.75, 3.05) is 26.6 Å². The molecule has 2 aromatic carbocycles. The van der Waals surface area contributed by atoms with Gasteiger partial charge in [0.1, 0.15) is 12.2 Å². The second-order valence-electron chi connectivity index (χ2n) is 8.20. The molecule has 0 saturated heterocycles. The summed E-state index contributed by atoms with van der Waals surface area (Å²) in [4.78, 5) is 13.0. The number of anilines is 1. The molecule has 1 fully saturated rings. The standard InChI is InChI=1S/C25H26N6O3/c1-32-20-9-8-16(10-21(20)33-2)11-23-29-25(26)30-31(23)22-13-24(28-15-27-22)34-14-18-12-19(18)17-6-4-3-5-7-17/h3-10,13,15,18-19H,11-12,14H2,1-2H3,(H2,26,30). The summed E-state index contributed by atoms with van der Waals surface area (Å²) in [6.07, 6.45) is 3.06. The summed E-state index contributed by atoms with van der Waals surface area (Å²) < 4.78 is 18.3. The fraction of sp³-hybridized carbons (Fsp3) is 0.280. The zero-order chi connectivity index (χ0) is 23.5. The molecule has 9 nitrogen and oxygen atoms in total. The maximum Gasteiger partial charge on any atom is 0.240 e. The van der Waals surface area contributed by atoms with Crippen LogP contribution in [0.15, 0.2) is 60.9 Å². The van der Waals surface area contributed by atoms with Crippen LogP contribution in [0.25, 0.3) is 5.82 Å². The highest BCUT2D eigenvalue weighted by Crippen LogP contribution is 2.47. The van der Waals surface area contributed by atoms with E-state index in [1.54, 1.807) is 25.0 Å². The molecule has 1 aliphatic carbocycles. The van der Waals surface area contributed by atoms with Gasteiger partial charge in [-0.15, -0.1) is 5.10 Å². The average molecular weight is 459 g/mol. The molecule has 5 rings (SSSR count). The number of nitrogens with two attached hydrogens (primary N) is 1. The van der Waals surface area contributed by atoms with Crippen LogP contribution in [0.2, 0.25) is 0 Å². The van der Waals surface area contributed by atoms with Gasteiger partial charge in [-0.05, 0) is 35.6 Å². The Kier molecular flexibility index (Phi) is 5.99. The lowest BCUT2D eigenvalue weighted by molar-refractivity contribution is 0.285. The minimum Gasteiger partial charge on any atom is -0.493 e. The highest BCUT2D eigenvalue weighted by atomic mass is 16.5. The lowest BCUT2D eigenvalue weighted by atomic mass is 10.1. The molecule has 0 aliphatic heterocycles.